The number of fused-ring (bicyclic) bond motifs is 2. The highest BCUT2D eigenvalue weighted by Gasteiger charge is 2.48. The van der Waals surface area contributed by atoms with Crippen LogP contribution in [0.4, 0.5) is 0 Å². The summed E-state index contributed by atoms with van der Waals surface area (Å²) in [5.74, 6) is 1.50. The van der Waals surface area contributed by atoms with Crippen molar-refractivity contribution in [3.63, 3.8) is 0 Å². The van der Waals surface area contributed by atoms with Gasteiger partial charge >= 0.3 is 0 Å². The Morgan fingerprint density at radius 1 is 1.22 bits per heavy atom. The fourth-order valence-corrected chi connectivity index (χ4v) is 4.19. The number of carbonyl (C=O) groups excluding carboxylic acids is 1. The molecule has 1 amide bonds. The number of likely N-dealkylation sites (tertiary alicyclic amines) is 1. The Morgan fingerprint density at radius 3 is 2.61 bits per heavy atom. The van der Waals surface area contributed by atoms with Gasteiger partial charge < -0.3 is 16.0 Å². The molecule has 2 aliphatic carbocycles. The van der Waals surface area contributed by atoms with Gasteiger partial charge in [0.1, 0.15) is 0 Å². The van der Waals surface area contributed by atoms with Crippen LogP contribution in [0, 0.1) is 17.8 Å². The lowest BCUT2D eigenvalue weighted by Gasteiger charge is -2.27. The number of nitrogens with one attached hydrogen (secondary N) is 1. The molecule has 0 spiro atoms. The molecule has 4 nitrogen and oxygen atoms in total. The predicted molar refractivity (Wildman–Crippen MR) is 71.0 cm³/mol. The molecule has 18 heavy (non-hydrogen) atoms. The van der Waals surface area contributed by atoms with Crippen LogP contribution in [-0.2, 0) is 4.79 Å². The molecule has 4 heteroatoms. The molecule has 2 bridgehead atoms. The summed E-state index contributed by atoms with van der Waals surface area (Å²) in [6.07, 6.45) is 6.26. The van der Waals surface area contributed by atoms with Gasteiger partial charge in [0.2, 0.25) is 5.91 Å². The lowest BCUT2D eigenvalue weighted by atomic mass is 9.84. The number of hydrogen-bond donors (Lipinski definition) is 2. The summed E-state index contributed by atoms with van der Waals surface area (Å²) in [6, 6.07) is 0.121. The highest BCUT2D eigenvalue weighted by atomic mass is 16.1. The number of nitrogens with zero attached hydrogens (tertiary/aromatic N) is 1. The molecular weight excluding hydrogens is 226 g/mol. The third-order valence-corrected chi connectivity index (χ3v) is 5.21. The molecule has 3 rings (SSSR count). The van der Waals surface area contributed by atoms with Crippen molar-refractivity contribution >= 4 is 5.91 Å². The van der Waals surface area contributed by atoms with Crippen LogP contribution in [0.2, 0.25) is 0 Å². The number of hydrogen-bond acceptors (Lipinski definition) is 3. The highest BCUT2D eigenvalue weighted by Crippen LogP contribution is 2.47. The maximum Gasteiger partial charge on any atom is 0.225 e. The van der Waals surface area contributed by atoms with Gasteiger partial charge in [0, 0.05) is 19.1 Å². The fraction of sp³-hybridized carbons (Fsp3) is 0.929. The second-order valence-electron chi connectivity index (χ2n) is 6.28. The van der Waals surface area contributed by atoms with Gasteiger partial charge in [0.25, 0.3) is 0 Å². The minimum atomic E-state index is 0.0994. The van der Waals surface area contributed by atoms with Crippen LogP contribution < -0.4 is 11.1 Å². The normalized spacial score (nSPS) is 39.4. The van der Waals surface area contributed by atoms with Crippen molar-refractivity contribution in [2.24, 2.45) is 23.5 Å². The minimum absolute atomic E-state index is 0.0994. The number of nitrogens with two attached hydrogens (primary N) is 1. The zero-order valence-corrected chi connectivity index (χ0v) is 11.1. The van der Waals surface area contributed by atoms with Gasteiger partial charge in [-0.2, -0.15) is 0 Å². The van der Waals surface area contributed by atoms with E-state index in [2.05, 4.69) is 10.2 Å². The summed E-state index contributed by atoms with van der Waals surface area (Å²) in [4.78, 5) is 14.6. The molecule has 1 saturated heterocycles. The molecule has 3 N–H and O–H groups in total. The summed E-state index contributed by atoms with van der Waals surface area (Å²) in [7, 11) is 0. The molecule has 102 valence electrons. The number of rotatable bonds is 4. The predicted octanol–water partition coefficient (Wildman–Crippen LogP) is 0.572. The highest BCUT2D eigenvalue weighted by molar-refractivity contribution is 5.80. The Kier molecular flexibility index (Phi) is 3.57. The van der Waals surface area contributed by atoms with Crippen molar-refractivity contribution < 1.29 is 4.79 Å². The minimum Gasteiger partial charge on any atom is -0.355 e. The van der Waals surface area contributed by atoms with Crippen molar-refractivity contribution in [3.05, 3.63) is 0 Å². The van der Waals surface area contributed by atoms with Crippen molar-refractivity contribution in [2.45, 2.75) is 38.1 Å². The summed E-state index contributed by atoms with van der Waals surface area (Å²) >= 11 is 0. The summed E-state index contributed by atoms with van der Waals surface area (Å²) < 4.78 is 0. The maximum atomic E-state index is 12.2. The lowest BCUT2D eigenvalue weighted by molar-refractivity contribution is -0.127. The van der Waals surface area contributed by atoms with Crippen LogP contribution in [0.25, 0.3) is 0 Å². The SMILES string of the molecule is NC1C2CCC(C2)C1C(=O)NCCN1CCCC1. The summed E-state index contributed by atoms with van der Waals surface area (Å²) in [5.41, 5.74) is 6.19. The first-order valence-corrected chi connectivity index (χ1v) is 7.51. The molecule has 1 aliphatic heterocycles. The van der Waals surface area contributed by atoms with E-state index in [-0.39, 0.29) is 17.9 Å². The fourth-order valence-electron chi connectivity index (χ4n) is 4.19. The van der Waals surface area contributed by atoms with Crippen LogP contribution in [0.15, 0.2) is 0 Å². The first-order chi connectivity index (χ1) is 8.75. The first-order valence-electron chi connectivity index (χ1n) is 7.51. The maximum absolute atomic E-state index is 12.2. The van der Waals surface area contributed by atoms with Gasteiger partial charge in [-0.05, 0) is 57.0 Å². The standard InChI is InChI=1S/C14H25N3O/c15-13-11-4-3-10(9-11)12(13)14(18)16-5-8-17-6-1-2-7-17/h10-13H,1-9,15H2,(H,16,18). The Morgan fingerprint density at radius 2 is 1.94 bits per heavy atom. The number of amides is 1. The van der Waals surface area contributed by atoms with E-state index in [4.69, 9.17) is 5.73 Å². The van der Waals surface area contributed by atoms with E-state index in [1.54, 1.807) is 0 Å². The van der Waals surface area contributed by atoms with Crippen molar-refractivity contribution in [3.8, 4) is 0 Å². The van der Waals surface area contributed by atoms with Crippen molar-refractivity contribution in [1.29, 1.82) is 0 Å². The second-order valence-corrected chi connectivity index (χ2v) is 6.28. The smallest absolute Gasteiger partial charge is 0.225 e. The molecule has 3 aliphatic rings. The zero-order valence-electron chi connectivity index (χ0n) is 11.1. The topological polar surface area (TPSA) is 58.4 Å². The van der Waals surface area contributed by atoms with E-state index in [0.29, 0.717) is 11.8 Å². The monoisotopic (exact) mass is 251 g/mol. The lowest BCUT2D eigenvalue weighted by Crippen LogP contribution is -2.46. The van der Waals surface area contributed by atoms with Crippen LogP contribution in [0.5, 0.6) is 0 Å². The van der Waals surface area contributed by atoms with Gasteiger partial charge in [-0.1, -0.05) is 0 Å². The molecule has 0 aromatic carbocycles. The third-order valence-electron chi connectivity index (χ3n) is 5.21. The first kappa shape index (κ1) is 12.4. The molecular formula is C14H25N3O. The van der Waals surface area contributed by atoms with E-state index in [1.807, 2.05) is 0 Å². The van der Waals surface area contributed by atoms with Gasteiger partial charge in [-0.25, -0.2) is 0 Å². The van der Waals surface area contributed by atoms with E-state index in [9.17, 15) is 4.79 Å². The van der Waals surface area contributed by atoms with Gasteiger partial charge in [-0.3, -0.25) is 4.79 Å². The molecule has 2 saturated carbocycles. The number of carbonyl (C=O) groups is 1. The zero-order chi connectivity index (χ0) is 12.5. The average Bonchev–Trinajstić information content (AvgIpc) is 3.03. The molecule has 0 radical (unpaired) electrons. The van der Waals surface area contributed by atoms with E-state index < -0.39 is 0 Å². The molecule has 0 aromatic rings. The largest absolute Gasteiger partial charge is 0.355 e. The van der Waals surface area contributed by atoms with Crippen LogP contribution >= 0.6 is 0 Å². The van der Waals surface area contributed by atoms with Crippen LogP contribution in [-0.4, -0.2) is 43.0 Å². The van der Waals surface area contributed by atoms with Gasteiger partial charge in [-0.15, -0.1) is 0 Å². The van der Waals surface area contributed by atoms with Crippen molar-refractivity contribution in [1.82, 2.24) is 10.2 Å². The Bertz CT molecular complexity index is 312. The van der Waals surface area contributed by atoms with E-state index in [0.717, 1.165) is 13.1 Å². The summed E-state index contributed by atoms with van der Waals surface area (Å²) in [5, 5.41) is 3.11. The second kappa shape index (κ2) is 5.17. The van der Waals surface area contributed by atoms with Gasteiger partial charge in [0.15, 0.2) is 0 Å². The Hall–Kier alpha value is -0.610. The van der Waals surface area contributed by atoms with E-state index in [1.165, 1.54) is 45.2 Å². The third kappa shape index (κ3) is 2.28. The Balaban J connectivity index is 1.44. The van der Waals surface area contributed by atoms with Gasteiger partial charge in [0.05, 0.1) is 5.92 Å². The van der Waals surface area contributed by atoms with Crippen molar-refractivity contribution in [2.75, 3.05) is 26.2 Å². The molecule has 3 fully saturated rings. The molecule has 1 heterocycles. The van der Waals surface area contributed by atoms with E-state index >= 15 is 0 Å². The van der Waals surface area contributed by atoms with Crippen LogP contribution in [0.3, 0.4) is 0 Å². The Labute approximate surface area is 109 Å². The summed E-state index contributed by atoms with van der Waals surface area (Å²) in [6.45, 7) is 4.19. The quantitative estimate of drug-likeness (QED) is 0.768. The molecule has 0 aromatic heterocycles. The van der Waals surface area contributed by atoms with Crippen LogP contribution in [0.1, 0.15) is 32.1 Å². The molecule has 4 atom stereocenters. The molecule has 4 unspecified atom stereocenters. The average molecular weight is 251 g/mol.